The van der Waals surface area contributed by atoms with Crippen molar-refractivity contribution >= 4 is 11.6 Å². The van der Waals surface area contributed by atoms with E-state index in [0.717, 1.165) is 13.1 Å². The summed E-state index contributed by atoms with van der Waals surface area (Å²) in [6.07, 6.45) is 0. The quantitative estimate of drug-likeness (QED) is 0.895. The Hall–Kier alpha value is -0.640. The minimum absolute atomic E-state index is 0.00424. The van der Waals surface area contributed by atoms with Crippen LogP contribution in [0.4, 0.5) is 4.39 Å². The molecule has 2 rings (SSSR count). The second-order valence-electron chi connectivity index (χ2n) is 6.64. The monoisotopic (exact) mass is 284 g/mol. The van der Waals surface area contributed by atoms with Gasteiger partial charge in [0, 0.05) is 41.3 Å². The molecule has 4 heteroatoms. The normalized spacial score (nSPS) is 22.4. The molecule has 1 aliphatic rings. The van der Waals surface area contributed by atoms with Gasteiger partial charge in [-0.25, -0.2) is 4.39 Å². The number of hydrogen-bond acceptors (Lipinski definition) is 2. The summed E-state index contributed by atoms with van der Waals surface area (Å²) >= 11 is 5.96. The van der Waals surface area contributed by atoms with E-state index in [0.29, 0.717) is 17.1 Å². The maximum Gasteiger partial charge on any atom is 0.127 e. The average Bonchev–Trinajstić information content (AvgIpc) is 2.29. The van der Waals surface area contributed by atoms with Crippen molar-refractivity contribution in [3.63, 3.8) is 0 Å². The zero-order valence-corrected chi connectivity index (χ0v) is 12.8. The number of piperazine rings is 1. The lowest BCUT2D eigenvalue weighted by molar-refractivity contribution is 0.0315. The predicted molar refractivity (Wildman–Crippen MR) is 78.0 cm³/mol. The van der Waals surface area contributed by atoms with Crippen LogP contribution in [0.2, 0.25) is 5.02 Å². The molecule has 0 radical (unpaired) electrons. The van der Waals surface area contributed by atoms with Crippen LogP contribution in [0.15, 0.2) is 18.2 Å². The standard InChI is InChI=1S/C15H22ClFN2/c1-14(2)10-19(15(3,4)9-18-14)8-11-7-12(16)5-6-13(11)17/h5-7,18H,8-10H2,1-4H3. The lowest BCUT2D eigenvalue weighted by Gasteiger charge is -2.49. The number of benzene rings is 1. The molecule has 0 spiro atoms. The molecule has 0 aromatic heterocycles. The lowest BCUT2D eigenvalue weighted by Crippen LogP contribution is -2.65. The second kappa shape index (κ2) is 5.04. The van der Waals surface area contributed by atoms with E-state index >= 15 is 0 Å². The Bertz CT molecular complexity index is 471. The van der Waals surface area contributed by atoms with Crippen molar-refractivity contribution in [3.8, 4) is 0 Å². The Kier molecular flexibility index (Phi) is 3.92. The zero-order valence-electron chi connectivity index (χ0n) is 12.1. The van der Waals surface area contributed by atoms with Gasteiger partial charge in [0.05, 0.1) is 0 Å². The highest BCUT2D eigenvalue weighted by Gasteiger charge is 2.37. The van der Waals surface area contributed by atoms with Gasteiger partial charge in [0.2, 0.25) is 0 Å². The Morgan fingerprint density at radius 3 is 2.68 bits per heavy atom. The van der Waals surface area contributed by atoms with Crippen LogP contribution in [0, 0.1) is 5.82 Å². The van der Waals surface area contributed by atoms with Crippen LogP contribution < -0.4 is 5.32 Å². The van der Waals surface area contributed by atoms with Crippen LogP contribution in [-0.4, -0.2) is 29.1 Å². The van der Waals surface area contributed by atoms with Crippen molar-refractivity contribution in [1.29, 1.82) is 0 Å². The van der Waals surface area contributed by atoms with E-state index in [9.17, 15) is 4.39 Å². The molecule has 106 valence electrons. The molecule has 2 nitrogen and oxygen atoms in total. The van der Waals surface area contributed by atoms with Gasteiger partial charge in [-0.05, 0) is 45.9 Å². The topological polar surface area (TPSA) is 15.3 Å². The number of nitrogens with zero attached hydrogens (tertiary/aromatic N) is 1. The van der Waals surface area contributed by atoms with Gasteiger partial charge in [-0.1, -0.05) is 11.6 Å². The van der Waals surface area contributed by atoms with E-state index < -0.39 is 0 Å². The number of hydrogen-bond donors (Lipinski definition) is 1. The Labute approximate surface area is 119 Å². The summed E-state index contributed by atoms with van der Waals surface area (Å²) in [6, 6.07) is 4.76. The molecule has 0 bridgehead atoms. The third-order valence-corrected chi connectivity index (χ3v) is 4.05. The molecule has 1 N–H and O–H groups in total. The fourth-order valence-corrected chi connectivity index (χ4v) is 2.65. The fourth-order valence-electron chi connectivity index (χ4n) is 2.45. The van der Waals surface area contributed by atoms with Gasteiger partial charge in [0.1, 0.15) is 5.82 Å². The van der Waals surface area contributed by atoms with Gasteiger partial charge >= 0.3 is 0 Å². The number of halogens is 2. The molecular formula is C15H22ClFN2. The summed E-state index contributed by atoms with van der Waals surface area (Å²) in [5, 5.41) is 4.12. The van der Waals surface area contributed by atoms with Crippen molar-refractivity contribution in [3.05, 3.63) is 34.6 Å². The maximum absolute atomic E-state index is 13.9. The van der Waals surface area contributed by atoms with Crippen molar-refractivity contribution in [1.82, 2.24) is 10.2 Å². The van der Waals surface area contributed by atoms with E-state index in [1.54, 1.807) is 12.1 Å². The molecule has 0 aliphatic carbocycles. The van der Waals surface area contributed by atoms with Gasteiger partial charge in [0.15, 0.2) is 0 Å². The molecular weight excluding hydrogens is 263 g/mol. The van der Waals surface area contributed by atoms with Gasteiger partial charge in [-0.2, -0.15) is 0 Å². The number of nitrogens with one attached hydrogen (secondary N) is 1. The molecule has 19 heavy (non-hydrogen) atoms. The molecule has 1 aromatic rings. The van der Waals surface area contributed by atoms with Gasteiger partial charge < -0.3 is 5.32 Å². The highest BCUT2D eigenvalue weighted by Crippen LogP contribution is 2.27. The molecule has 0 saturated carbocycles. The van der Waals surface area contributed by atoms with E-state index in [-0.39, 0.29) is 16.9 Å². The van der Waals surface area contributed by atoms with E-state index in [2.05, 4.69) is 37.9 Å². The van der Waals surface area contributed by atoms with E-state index in [1.807, 2.05) is 0 Å². The third kappa shape index (κ3) is 3.47. The van der Waals surface area contributed by atoms with Crippen molar-refractivity contribution in [2.75, 3.05) is 13.1 Å². The predicted octanol–water partition coefficient (Wildman–Crippen LogP) is 3.44. The molecule has 0 atom stereocenters. The van der Waals surface area contributed by atoms with Gasteiger partial charge in [0.25, 0.3) is 0 Å². The molecule has 0 amide bonds. The molecule has 1 aliphatic heterocycles. The Balaban J connectivity index is 2.22. The summed E-state index contributed by atoms with van der Waals surface area (Å²) in [7, 11) is 0. The van der Waals surface area contributed by atoms with Crippen LogP contribution in [0.25, 0.3) is 0 Å². The molecule has 1 fully saturated rings. The highest BCUT2D eigenvalue weighted by atomic mass is 35.5. The summed E-state index contributed by atoms with van der Waals surface area (Å²) in [6.45, 7) is 11.1. The number of rotatable bonds is 2. The summed E-state index contributed by atoms with van der Waals surface area (Å²) in [4.78, 5) is 2.32. The maximum atomic E-state index is 13.9. The average molecular weight is 285 g/mol. The van der Waals surface area contributed by atoms with Crippen molar-refractivity contribution < 1.29 is 4.39 Å². The van der Waals surface area contributed by atoms with Crippen molar-refractivity contribution in [2.45, 2.75) is 45.3 Å². The Morgan fingerprint density at radius 1 is 1.32 bits per heavy atom. The molecule has 1 aromatic carbocycles. The van der Waals surface area contributed by atoms with E-state index in [1.165, 1.54) is 6.07 Å². The van der Waals surface area contributed by atoms with Crippen LogP contribution in [-0.2, 0) is 6.54 Å². The first kappa shape index (κ1) is 14.8. The first-order chi connectivity index (χ1) is 8.70. The van der Waals surface area contributed by atoms with Crippen LogP contribution >= 0.6 is 11.6 Å². The van der Waals surface area contributed by atoms with E-state index in [4.69, 9.17) is 11.6 Å². The lowest BCUT2D eigenvalue weighted by atomic mass is 9.91. The fraction of sp³-hybridized carbons (Fsp3) is 0.600. The summed E-state index contributed by atoms with van der Waals surface area (Å²) in [5.74, 6) is -0.184. The van der Waals surface area contributed by atoms with Crippen molar-refractivity contribution in [2.24, 2.45) is 0 Å². The van der Waals surface area contributed by atoms with Crippen LogP contribution in [0.5, 0.6) is 0 Å². The minimum atomic E-state index is -0.184. The second-order valence-corrected chi connectivity index (χ2v) is 7.08. The minimum Gasteiger partial charge on any atom is -0.309 e. The van der Waals surface area contributed by atoms with Gasteiger partial charge in [-0.3, -0.25) is 4.90 Å². The first-order valence-corrected chi connectivity index (χ1v) is 7.01. The highest BCUT2D eigenvalue weighted by molar-refractivity contribution is 6.30. The zero-order chi connectivity index (χ0) is 14.3. The van der Waals surface area contributed by atoms with Gasteiger partial charge in [-0.15, -0.1) is 0 Å². The summed E-state index contributed by atoms with van der Waals surface area (Å²) in [5.41, 5.74) is 0.716. The molecule has 0 unspecified atom stereocenters. The molecule has 1 saturated heterocycles. The van der Waals surface area contributed by atoms with Crippen LogP contribution in [0.3, 0.4) is 0 Å². The molecule has 1 heterocycles. The summed E-state index contributed by atoms with van der Waals surface area (Å²) < 4.78 is 13.9. The third-order valence-electron chi connectivity index (χ3n) is 3.81. The SMILES string of the molecule is CC1(C)CN(Cc2cc(Cl)ccc2F)C(C)(C)CN1. The van der Waals surface area contributed by atoms with Crippen LogP contribution in [0.1, 0.15) is 33.3 Å². The smallest absolute Gasteiger partial charge is 0.127 e. The largest absolute Gasteiger partial charge is 0.309 e. The Morgan fingerprint density at radius 2 is 2.00 bits per heavy atom. The first-order valence-electron chi connectivity index (χ1n) is 6.64.